The molecule has 0 N–H and O–H groups in total. The number of carbonyl (C=O) groups excluding carboxylic acids is 1. The quantitative estimate of drug-likeness (QED) is 0.409. The molecular weight excluding hydrogens is 470 g/mol. The van der Waals surface area contributed by atoms with Crippen molar-refractivity contribution in [3.05, 3.63) is 53.6 Å². The molecular formula is C25H26ClN5O2S. The second-order valence-electron chi connectivity index (χ2n) is 8.26. The third-order valence-corrected chi connectivity index (χ3v) is 7.46. The van der Waals surface area contributed by atoms with Gasteiger partial charge in [-0.15, -0.1) is 10.2 Å². The molecule has 1 aromatic heterocycles. The van der Waals surface area contributed by atoms with E-state index in [1.165, 1.54) is 11.8 Å². The van der Waals surface area contributed by atoms with Crippen molar-refractivity contribution in [2.45, 2.75) is 42.8 Å². The average Bonchev–Trinajstić information content (AvgIpc) is 3.31. The van der Waals surface area contributed by atoms with Gasteiger partial charge in [0, 0.05) is 17.8 Å². The number of carbonyl (C=O) groups is 1. The van der Waals surface area contributed by atoms with Gasteiger partial charge in [0.2, 0.25) is 5.91 Å². The molecule has 1 fully saturated rings. The van der Waals surface area contributed by atoms with Crippen LogP contribution >= 0.6 is 23.4 Å². The van der Waals surface area contributed by atoms with E-state index in [9.17, 15) is 10.1 Å². The van der Waals surface area contributed by atoms with E-state index in [0.717, 1.165) is 43.4 Å². The molecule has 0 aliphatic heterocycles. The Labute approximate surface area is 208 Å². The molecule has 3 aromatic rings. The predicted molar refractivity (Wildman–Crippen MR) is 133 cm³/mol. The van der Waals surface area contributed by atoms with Crippen molar-refractivity contribution >= 4 is 29.3 Å². The first-order valence-electron chi connectivity index (χ1n) is 11.1. The number of aromatic nitrogens is 3. The number of hydrogen-bond donors (Lipinski definition) is 0. The molecule has 0 atom stereocenters. The Morgan fingerprint density at radius 1 is 1.18 bits per heavy atom. The second kappa shape index (κ2) is 10.5. The molecule has 0 spiro atoms. The van der Waals surface area contributed by atoms with Gasteiger partial charge in [0.25, 0.3) is 0 Å². The Balaban J connectivity index is 1.64. The van der Waals surface area contributed by atoms with Crippen LogP contribution in [0.15, 0.2) is 53.7 Å². The molecule has 34 heavy (non-hydrogen) atoms. The molecule has 2 aromatic carbocycles. The summed E-state index contributed by atoms with van der Waals surface area (Å²) in [5.74, 6) is 1.32. The van der Waals surface area contributed by atoms with Crippen LogP contribution in [0.1, 0.15) is 32.1 Å². The highest BCUT2D eigenvalue weighted by Gasteiger charge is 2.38. The van der Waals surface area contributed by atoms with E-state index in [1.807, 2.05) is 41.0 Å². The van der Waals surface area contributed by atoms with Gasteiger partial charge in [0.05, 0.1) is 24.5 Å². The Hall–Kier alpha value is -3.02. The molecule has 1 saturated carbocycles. The van der Waals surface area contributed by atoms with E-state index < -0.39 is 5.54 Å². The van der Waals surface area contributed by atoms with Crippen molar-refractivity contribution in [3.8, 4) is 28.9 Å². The molecule has 4 rings (SSSR count). The first kappa shape index (κ1) is 24.1. The first-order chi connectivity index (χ1) is 16.5. The van der Waals surface area contributed by atoms with E-state index in [-0.39, 0.29) is 11.7 Å². The van der Waals surface area contributed by atoms with Gasteiger partial charge in [-0.05, 0) is 49.2 Å². The van der Waals surface area contributed by atoms with Crippen molar-refractivity contribution < 1.29 is 9.53 Å². The molecule has 0 unspecified atom stereocenters. The highest BCUT2D eigenvalue weighted by molar-refractivity contribution is 7.99. The highest BCUT2D eigenvalue weighted by atomic mass is 35.5. The molecule has 0 radical (unpaired) electrons. The van der Waals surface area contributed by atoms with E-state index in [0.29, 0.717) is 21.8 Å². The summed E-state index contributed by atoms with van der Waals surface area (Å²) in [6.07, 6.45) is 4.47. The van der Waals surface area contributed by atoms with E-state index >= 15 is 0 Å². The SMILES string of the molecule is COc1ccccc1-c1nnc(SCC(=O)N(C)C2(C#N)CCCCC2)n1-c1ccc(Cl)cc1. The maximum atomic E-state index is 13.1. The fourth-order valence-electron chi connectivity index (χ4n) is 4.31. The van der Waals surface area contributed by atoms with Crippen LogP contribution in [0.3, 0.4) is 0 Å². The highest BCUT2D eigenvalue weighted by Crippen LogP contribution is 2.35. The lowest BCUT2D eigenvalue weighted by molar-refractivity contribution is -0.131. The zero-order chi connectivity index (χ0) is 24.1. The summed E-state index contributed by atoms with van der Waals surface area (Å²) in [4.78, 5) is 14.7. The number of amides is 1. The number of ether oxygens (including phenoxy) is 1. The summed E-state index contributed by atoms with van der Waals surface area (Å²) in [6.45, 7) is 0. The number of halogens is 1. The number of methoxy groups -OCH3 is 1. The molecule has 7 nitrogen and oxygen atoms in total. The third-order valence-electron chi connectivity index (χ3n) is 6.30. The van der Waals surface area contributed by atoms with Gasteiger partial charge in [-0.25, -0.2) is 0 Å². The smallest absolute Gasteiger partial charge is 0.234 e. The van der Waals surface area contributed by atoms with Crippen LogP contribution in [0, 0.1) is 11.3 Å². The summed E-state index contributed by atoms with van der Waals surface area (Å²) in [7, 11) is 3.35. The Morgan fingerprint density at radius 2 is 1.88 bits per heavy atom. The van der Waals surface area contributed by atoms with Crippen LogP contribution in [0.4, 0.5) is 0 Å². The zero-order valence-electron chi connectivity index (χ0n) is 19.2. The van der Waals surface area contributed by atoms with Gasteiger partial charge in [-0.3, -0.25) is 9.36 Å². The fourth-order valence-corrected chi connectivity index (χ4v) is 5.30. The topological polar surface area (TPSA) is 84.0 Å². The molecule has 176 valence electrons. The van der Waals surface area contributed by atoms with Crippen LogP contribution < -0.4 is 4.74 Å². The molecule has 0 bridgehead atoms. The molecule has 1 aliphatic carbocycles. The average molecular weight is 496 g/mol. The lowest BCUT2D eigenvalue weighted by Crippen LogP contribution is -2.50. The molecule has 0 saturated heterocycles. The van der Waals surface area contributed by atoms with E-state index in [2.05, 4.69) is 16.3 Å². The number of thioether (sulfide) groups is 1. The molecule has 9 heteroatoms. The number of hydrogen-bond acceptors (Lipinski definition) is 6. The minimum Gasteiger partial charge on any atom is -0.496 e. The van der Waals surface area contributed by atoms with E-state index in [4.69, 9.17) is 16.3 Å². The second-order valence-corrected chi connectivity index (χ2v) is 9.64. The van der Waals surface area contributed by atoms with Gasteiger partial charge in [-0.1, -0.05) is 54.8 Å². The lowest BCUT2D eigenvalue weighted by atomic mass is 9.81. The fraction of sp³-hybridized carbons (Fsp3) is 0.360. The number of nitriles is 1. The van der Waals surface area contributed by atoms with Gasteiger partial charge < -0.3 is 9.64 Å². The lowest BCUT2D eigenvalue weighted by Gasteiger charge is -2.39. The third kappa shape index (κ3) is 4.77. The summed E-state index contributed by atoms with van der Waals surface area (Å²) >= 11 is 7.41. The van der Waals surface area contributed by atoms with Gasteiger partial charge in [0.1, 0.15) is 11.3 Å². The van der Waals surface area contributed by atoms with Crippen molar-refractivity contribution in [1.82, 2.24) is 19.7 Å². The number of rotatable bonds is 7. The number of benzene rings is 2. The van der Waals surface area contributed by atoms with Crippen LogP contribution in [-0.4, -0.2) is 51.0 Å². The van der Waals surface area contributed by atoms with Crippen molar-refractivity contribution in [2.24, 2.45) is 0 Å². The summed E-state index contributed by atoms with van der Waals surface area (Å²) < 4.78 is 7.43. The van der Waals surface area contributed by atoms with Gasteiger partial charge >= 0.3 is 0 Å². The summed E-state index contributed by atoms with van der Waals surface area (Å²) in [5, 5.41) is 19.9. The summed E-state index contributed by atoms with van der Waals surface area (Å²) in [5.41, 5.74) is 0.884. The van der Waals surface area contributed by atoms with Crippen LogP contribution in [-0.2, 0) is 4.79 Å². The minimum absolute atomic E-state index is 0.0991. The Kier molecular flexibility index (Phi) is 7.44. The molecule has 1 heterocycles. The van der Waals surface area contributed by atoms with Gasteiger partial charge in [0.15, 0.2) is 11.0 Å². The number of para-hydroxylation sites is 1. The van der Waals surface area contributed by atoms with Crippen molar-refractivity contribution in [2.75, 3.05) is 19.9 Å². The van der Waals surface area contributed by atoms with Crippen molar-refractivity contribution in [3.63, 3.8) is 0 Å². The van der Waals surface area contributed by atoms with Crippen LogP contribution in [0.25, 0.3) is 17.1 Å². The Bertz CT molecular complexity index is 1200. The standard InChI is InChI=1S/C25H26ClN5O2S/c1-30(25(17-27)14-6-3-7-15-25)22(32)16-34-24-29-28-23(20-8-4-5-9-21(20)33-2)31(24)19-12-10-18(26)11-13-19/h4-5,8-13H,3,6-7,14-16H2,1-2H3. The maximum Gasteiger partial charge on any atom is 0.234 e. The normalized spacial score (nSPS) is 14.9. The number of nitrogens with zero attached hydrogens (tertiary/aromatic N) is 5. The first-order valence-corrected chi connectivity index (χ1v) is 12.5. The van der Waals surface area contributed by atoms with Gasteiger partial charge in [-0.2, -0.15) is 5.26 Å². The minimum atomic E-state index is -0.720. The monoisotopic (exact) mass is 495 g/mol. The van der Waals surface area contributed by atoms with Crippen molar-refractivity contribution in [1.29, 1.82) is 5.26 Å². The Morgan fingerprint density at radius 3 is 2.56 bits per heavy atom. The maximum absolute atomic E-state index is 13.1. The largest absolute Gasteiger partial charge is 0.496 e. The van der Waals surface area contributed by atoms with Crippen LogP contribution in [0.5, 0.6) is 5.75 Å². The van der Waals surface area contributed by atoms with Crippen LogP contribution in [0.2, 0.25) is 5.02 Å². The summed E-state index contributed by atoms with van der Waals surface area (Å²) in [6, 6.07) is 17.4. The molecule has 1 aliphatic rings. The van der Waals surface area contributed by atoms with E-state index in [1.54, 1.807) is 31.2 Å². The predicted octanol–water partition coefficient (Wildman–Crippen LogP) is 5.37. The zero-order valence-corrected chi connectivity index (χ0v) is 20.8. The molecule has 1 amide bonds.